The van der Waals surface area contributed by atoms with Crippen molar-refractivity contribution in [2.45, 2.75) is 20.0 Å². The Labute approximate surface area is 142 Å². The average Bonchev–Trinajstić information content (AvgIpc) is 3.21. The maximum atomic E-state index is 12.1. The topological polar surface area (TPSA) is 109 Å². The molecule has 132 valence electrons. The average molecular weight is 348 g/mol. The molecule has 0 saturated heterocycles. The Bertz CT molecular complexity index is 787. The molecule has 0 saturated carbocycles. The lowest BCUT2D eigenvalue weighted by atomic mass is 10.2. The summed E-state index contributed by atoms with van der Waals surface area (Å²) < 4.78 is 25.3. The lowest BCUT2D eigenvalue weighted by molar-refractivity contribution is -0.155. The van der Waals surface area contributed by atoms with Gasteiger partial charge in [-0.05, 0) is 31.1 Å². The number of esters is 1. The molecule has 3 rings (SSSR count). The second-order valence-electron chi connectivity index (χ2n) is 5.25. The maximum Gasteiger partial charge on any atom is 0.345 e. The van der Waals surface area contributed by atoms with Crippen LogP contribution in [0.25, 0.3) is 0 Å². The number of amides is 1. The van der Waals surface area contributed by atoms with Gasteiger partial charge in [-0.25, -0.2) is 4.79 Å². The van der Waals surface area contributed by atoms with Crippen molar-refractivity contribution in [3.05, 3.63) is 30.0 Å². The van der Waals surface area contributed by atoms with Crippen LogP contribution in [0.2, 0.25) is 0 Å². The predicted molar refractivity (Wildman–Crippen MR) is 83.5 cm³/mol. The number of rotatable bonds is 6. The molecule has 9 nitrogen and oxygen atoms in total. The summed E-state index contributed by atoms with van der Waals surface area (Å²) in [4.78, 5) is 23.8. The molecule has 1 aromatic carbocycles. The van der Waals surface area contributed by atoms with E-state index in [0.29, 0.717) is 22.9 Å². The van der Waals surface area contributed by atoms with E-state index < -0.39 is 18.0 Å². The first-order chi connectivity index (χ1) is 12.0. The molecule has 0 radical (unpaired) electrons. The number of hydrogen-bond donors (Lipinski definition) is 1. The van der Waals surface area contributed by atoms with Gasteiger partial charge in [0, 0.05) is 17.8 Å². The molecule has 1 aromatic heterocycles. The van der Waals surface area contributed by atoms with Gasteiger partial charge >= 0.3 is 5.97 Å². The Balaban J connectivity index is 1.47. The first-order valence-corrected chi connectivity index (χ1v) is 7.47. The van der Waals surface area contributed by atoms with Gasteiger partial charge in [-0.1, -0.05) is 0 Å². The Morgan fingerprint density at radius 3 is 2.84 bits per heavy atom. The van der Waals surface area contributed by atoms with Crippen molar-refractivity contribution in [3.63, 3.8) is 0 Å². The third kappa shape index (κ3) is 4.19. The highest BCUT2D eigenvalue weighted by molar-refractivity contribution is 5.95. The van der Waals surface area contributed by atoms with Crippen LogP contribution in [0.3, 0.4) is 0 Å². The summed E-state index contributed by atoms with van der Waals surface area (Å²) in [6.45, 7) is 2.92. The normalized spacial score (nSPS) is 13.2. The lowest BCUT2D eigenvalue weighted by Crippen LogP contribution is -2.31. The molecule has 0 spiro atoms. The molecule has 25 heavy (non-hydrogen) atoms. The fourth-order valence-corrected chi connectivity index (χ4v) is 2.05. The number of nitrogens with zero attached hydrogens (tertiary/aromatic N) is 1. The van der Waals surface area contributed by atoms with Gasteiger partial charge in [0.05, 0.1) is 0 Å². The van der Waals surface area contributed by atoms with E-state index >= 15 is 0 Å². The highest BCUT2D eigenvalue weighted by Crippen LogP contribution is 2.34. The van der Waals surface area contributed by atoms with Crippen molar-refractivity contribution in [2.24, 2.45) is 0 Å². The van der Waals surface area contributed by atoms with Crippen LogP contribution in [-0.4, -0.2) is 36.5 Å². The van der Waals surface area contributed by atoms with Crippen LogP contribution < -0.4 is 19.5 Å². The van der Waals surface area contributed by atoms with E-state index in [-0.39, 0.29) is 19.3 Å². The lowest BCUT2D eigenvalue weighted by Gasteiger charge is -2.13. The first kappa shape index (κ1) is 16.6. The van der Waals surface area contributed by atoms with E-state index in [1.54, 1.807) is 25.1 Å². The summed E-state index contributed by atoms with van der Waals surface area (Å²) >= 11 is 0. The van der Waals surface area contributed by atoms with E-state index in [4.69, 9.17) is 23.5 Å². The van der Waals surface area contributed by atoms with Crippen LogP contribution in [0.5, 0.6) is 17.4 Å². The van der Waals surface area contributed by atoms with Gasteiger partial charge in [0.1, 0.15) is 5.76 Å². The second kappa shape index (κ2) is 7.12. The number of carbonyl (C=O) groups is 2. The molecule has 1 atom stereocenters. The molecular weight excluding hydrogens is 332 g/mol. The van der Waals surface area contributed by atoms with Gasteiger partial charge in [-0.3, -0.25) is 4.79 Å². The molecule has 0 fully saturated rings. The highest BCUT2D eigenvalue weighted by atomic mass is 16.7. The molecule has 1 amide bonds. The third-order valence-corrected chi connectivity index (χ3v) is 3.26. The van der Waals surface area contributed by atoms with Crippen molar-refractivity contribution in [1.29, 1.82) is 0 Å². The van der Waals surface area contributed by atoms with Crippen LogP contribution in [0, 0.1) is 6.92 Å². The molecule has 1 aliphatic rings. The number of ether oxygens (including phenoxy) is 4. The highest BCUT2D eigenvalue weighted by Gasteiger charge is 2.20. The Morgan fingerprint density at radius 2 is 2.08 bits per heavy atom. The molecule has 0 aliphatic carbocycles. The van der Waals surface area contributed by atoms with E-state index in [0.717, 1.165) is 0 Å². The molecule has 9 heteroatoms. The summed E-state index contributed by atoms with van der Waals surface area (Å²) in [5, 5.41) is 6.21. The standard InChI is InChI=1S/C16H16N2O7/c1-9-5-14(18-25-9)21-7-15(19)24-10(2)16(20)17-11-3-4-12-13(6-11)23-8-22-12/h3-6,10H,7-8H2,1-2H3,(H,17,20)/t10-/m0/s1. The van der Waals surface area contributed by atoms with Crippen LogP contribution in [0.4, 0.5) is 5.69 Å². The summed E-state index contributed by atoms with van der Waals surface area (Å²) in [5.74, 6) is 0.696. The zero-order valence-electron chi connectivity index (χ0n) is 13.6. The molecular formula is C16H16N2O7. The minimum absolute atomic E-state index is 0.145. The number of benzene rings is 1. The van der Waals surface area contributed by atoms with Gasteiger partial charge < -0.3 is 28.8 Å². The Morgan fingerprint density at radius 1 is 1.28 bits per heavy atom. The predicted octanol–water partition coefficient (Wildman–Crippen LogP) is 1.66. The number of hydrogen-bond acceptors (Lipinski definition) is 8. The van der Waals surface area contributed by atoms with Crippen molar-refractivity contribution < 1.29 is 33.1 Å². The Kier molecular flexibility index (Phi) is 4.73. The van der Waals surface area contributed by atoms with Crippen molar-refractivity contribution in [1.82, 2.24) is 5.16 Å². The molecule has 2 aromatic rings. The molecule has 0 bridgehead atoms. The van der Waals surface area contributed by atoms with Crippen LogP contribution in [0.1, 0.15) is 12.7 Å². The fraction of sp³-hybridized carbons (Fsp3) is 0.312. The molecule has 1 aliphatic heterocycles. The van der Waals surface area contributed by atoms with Crippen molar-refractivity contribution >= 4 is 17.6 Å². The molecule has 2 heterocycles. The second-order valence-corrected chi connectivity index (χ2v) is 5.25. The van der Waals surface area contributed by atoms with Gasteiger partial charge in [0.2, 0.25) is 6.79 Å². The minimum Gasteiger partial charge on any atom is -0.463 e. The summed E-state index contributed by atoms with van der Waals surface area (Å²) in [7, 11) is 0. The van der Waals surface area contributed by atoms with Crippen molar-refractivity contribution in [3.8, 4) is 17.4 Å². The van der Waals surface area contributed by atoms with Crippen LogP contribution in [0.15, 0.2) is 28.8 Å². The van der Waals surface area contributed by atoms with Gasteiger partial charge in [-0.2, -0.15) is 0 Å². The zero-order chi connectivity index (χ0) is 17.8. The smallest absolute Gasteiger partial charge is 0.345 e. The number of carbonyl (C=O) groups excluding carboxylic acids is 2. The minimum atomic E-state index is -0.999. The SMILES string of the molecule is Cc1cc(OCC(=O)O[C@@H](C)C(=O)Nc2ccc3c(c2)OCO3)no1. The van der Waals surface area contributed by atoms with Crippen LogP contribution in [-0.2, 0) is 14.3 Å². The number of aromatic nitrogens is 1. The first-order valence-electron chi connectivity index (χ1n) is 7.47. The van der Waals surface area contributed by atoms with Gasteiger partial charge in [0.25, 0.3) is 11.8 Å². The van der Waals surface area contributed by atoms with Crippen molar-refractivity contribution in [2.75, 3.05) is 18.7 Å². The van der Waals surface area contributed by atoms with Gasteiger partial charge in [0.15, 0.2) is 24.2 Å². The van der Waals surface area contributed by atoms with E-state index in [1.807, 2.05) is 0 Å². The van der Waals surface area contributed by atoms with Gasteiger partial charge in [-0.15, -0.1) is 0 Å². The number of anilines is 1. The van der Waals surface area contributed by atoms with E-state index in [1.165, 1.54) is 13.0 Å². The number of fused-ring (bicyclic) bond motifs is 1. The quantitative estimate of drug-likeness (QED) is 0.785. The van der Waals surface area contributed by atoms with E-state index in [2.05, 4.69) is 10.5 Å². The largest absolute Gasteiger partial charge is 0.463 e. The third-order valence-electron chi connectivity index (χ3n) is 3.26. The Hall–Kier alpha value is -3.23. The summed E-state index contributed by atoms with van der Waals surface area (Å²) in [5.41, 5.74) is 0.506. The number of nitrogens with one attached hydrogen (secondary N) is 1. The number of aryl methyl sites for hydroxylation is 1. The van der Waals surface area contributed by atoms with E-state index in [9.17, 15) is 9.59 Å². The fourth-order valence-electron chi connectivity index (χ4n) is 2.05. The summed E-state index contributed by atoms with van der Waals surface area (Å²) in [6, 6.07) is 6.51. The maximum absolute atomic E-state index is 12.1. The molecule has 1 N–H and O–H groups in total. The zero-order valence-corrected chi connectivity index (χ0v) is 13.6. The monoisotopic (exact) mass is 348 g/mol. The van der Waals surface area contributed by atoms with Crippen LogP contribution >= 0.6 is 0 Å². The summed E-state index contributed by atoms with van der Waals surface area (Å²) in [6.07, 6.45) is -0.999. The molecule has 0 unspecified atom stereocenters.